The van der Waals surface area contributed by atoms with E-state index in [9.17, 15) is 4.79 Å². The lowest BCUT2D eigenvalue weighted by atomic mass is 9.94. The molecule has 0 heterocycles. The van der Waals surface area contributed by atoms with E-state index in [2.05, 4.69) is 5.32 Å². The Morgan fingerprint density at radius 2 is 1.63 bits per heavy atom. The molecule has 6 nitrogen and oxygen atoms in total. The van der Waals surface area contributed by atoms with Crippen molar-refractivity contribution in [2.45, 2.75) is 19.4 Å². The minimum Gasteiger partial charge on any atom is -0.496 e. The number of rotatable bonds is 9. The maximum absolute atomic E-state index is 12.5. The molecule has 146 valence electrons. The summed E-state index contributed by atoms with van der Waals surface area (Å²) in [5, 5.41) is 2.95. The zero-order chi connectivity index (χ0) is 19.8. The van der Waals surface area contributed by atoms with Gasteiger partial charge in [0.1, 0.15) is 17.2 Å². The van der Waals surface area contributed by atoms with Crippen molar-refractivity contribution in [2.75, 3.05) is 27.9 Å². The zero-order valence-corrected chi connectivity index (χ0v) is 16.3. The normalized spacial score (nSPS) is 12.8. The molecule has 0 saturated carbocycles. The smallest absolute Gasteiger partial charge is 0.224 e. The van der Waals surface area contributed by atoms with E-state index in [1.807, 2.05) is 37.3 Å². The molecule has 0 bridgehead atoms. The molecule has 3 N–H and O–H groups in total. The van der Waals surface area contributed by atoms with Crippen molar-refractivity contribution < 1.29 is 19.0 Å². The number of hydrogen-bond acceptors (Lipinski definition) is 5. The summed E-state index contributed by atoms with van der Waals surface area (Å²) in [6.07, 6.45) is 0.565. The van der Waals surface area contributed by atoms with Crippen molar-refractivity contribution in [1.29, 1.82) is 0 Å². The number of nitrogens with one attached hydrogen (secondary N) is 1. The Balaban J connectivity index is 2.00. The predicted molar refractivity (Wildman–Crippen MR) is 105 cm³/mol. The summed E-state index contributed by atoms with van der Waals surface area (Å²) in [4.78, 5) is 12.5. The van der Waals surface area contributed by atoms with Crippen molar-refractivity contribution >= 4 is 5.91 Å². The van der Waals surface area contributed by atoms with Gasteiger partial charge in [0.15, 0.2) is 0 Å². The van der Waals surface area contributed by atoms with Gasteiger partial charge in [-0.25, -0.2) is 0 Å². The fraction of sp³-hybridized carbons (Fsp3) is 0.381. The maximum Gasteiger partial charge on any atom is 0.224 e. The number of methoxy groups -OCH3 is 3. The van der Waals surface area contributed by atoms with Crippen molar-refractivity contribution in [3.05, 3.63) is 53.6 Å². The summed E-state index contributed by atoms with van der Waals surface area (Å²) in [5.74, 6) is 1.55. The van der Waals surface area contributed by atoms with Crippen LogP contribution < -0.4 is 25.3 Å². The third kappa shape index (κ3) is 5.14. The number of ether oxygens (including phenoxy) is 3. The first-order chi connectivity index (χ1) is 13.0. The first-order valence-corrected chi connectivity index (χ1v) is 8.89. The van der Waals surface area contributed by atoms with Gasteiger partial charge in [0.05, 0.1) is 27.2 Å². The lowest BCUT2D eigenvalue weighted by molar-refractivity contribution is -0.125. The summed E-state index contributed by atoms with van der Waals surface area (Å²) in [5.41, 5.74) is 8.05. The van der Waals surface area contributed by atoms with Gasteiger partial charge in [-0.15, -0.1) is 0 Å². The Kier molecular flexibility index (Phi) is 7.49. The standard InChI is InChI=1S/C21H28N2O4/c1-14(20(22)15-8-6-5-7-9-15)21(24)23-11-10-17-18(26-3)12-16(25-2)13-19(17)27-4/h5-9,12-14,20H,10-11,22H2,1-4H3,(H,23,24). The summed E-state index contributed by atoms with van der Waals surface area (Å²) < 4.78 is 16.1. The quantitative estimate of drug-likeness (QED) is 0.707. The fourth-order valence-electron chi connectivity index (χ4n) is 2.92. The number of benzene rings is 2. The molecule has 2 aromatic carbocycles. The minimum absolute atomic E-state index is 0.0854. The van der Waals surface area contributed by atoms with Crippen LogP contribution in [0.25, 0.3) is 0 Å². The zero-order valence-electron chi connectivity index (χ0n) is 16.3. The SMILES string of the molecule is COc1cc(OC)c(CCNC(=O)C(C)C(N)c2ccccc2)c(OC)c1. The topological polar surface area (TPSA) is 82.8 Å². The molecule has 2 aromatic rings. The third-order valence-electron chi connectivity index (χ3n) is 4.63. The van der Waals surface area contributed by atoms with Crippen molar-refractivity contribution in [3.63, 3.8) is 0 Å². The fourth-order valence-corrected chi connectivity index (χ4v) is 2.92. The number of carbonyl (C=O) groups excluding carboxylic acids is 1. The highest BCUT2D eigenvalue weighted by molar-refractivity contribution is 5.79. The van der Waals surface area contributed by atoms with Gasteiger partial charge in [-0.3, -0.25) is 4.79 Å². The van der Waals surface area contributed by atoms with E-state index in [-0.39, 0.29) is 17.9 Å². The molecular formula is C21H28N2O4. The first kappa shape index (κ1) is 20.6. The van der Waals surface area contributed by atoms with Gasteiger partial charge in [0.25, 0.3) is 0 Å². The molecule has 0 fully saturated rings. The minimum atomic E-state index is -0.351. The Morgan fingerprint density at radius 3 is 2.15 bits per heavy atom. The Hall–Kier alpha value is -2.73. The van der Waals surface area contributed by atoms with E-state index in [4.69, 9.17) is 19.9 Å². The summed E-state index contributed by atoms with van der Waals surface area (Å²) in [6.45, 7) is 2.28. The summed E-state index contributed by atoms with van der Waals surface area (Å²) in [7, 11) is 4.78. The van der Waals surface area contributed by atoms with Gasteiger partial charge in [-0.05, 0) is 12.0 Å². The van der Waals surface area contributed by atoms with Crippen LogP contribution in [0.5, 0.6) is 17.2 Å². The van der Waals surface area contributed by atoms with Crippen LogP contribution in [0.4, 0.5) is 0 Å². The molecule has 0 saturated heterocycles. The van der Waals surface area contributed by atoms with Crippen LogP contribution >= 0.6 is 0 Å². The molecule has 0 aliphatic heterocycles. The average molecular weight is 372 g/mol. The highest BCUT2D eigenvalue weighted by Crippen LogP contribution is 2.34. The van der Waals surface area contributed by atoms with E-state index in [1.165, 1.54) is 0 Å². The molecule has 2 rings (SSSR count). The van der Waals surface area contributed by atoms with Gasteiger partial charge in [-0.2, -0.15) is 0 Å². The van der Waals surface area contributed by atoms with Gasteiger partial charge < -0.3 is 25.3 Å². The second-order valence-corrected chi connectivity index (χ2v) is 6.28. The van der Waals surface area contributed by atoms with Gasteiger partial charge in [0, 0.05) is 30.3 Å². The Bertz CT molecular complexity index is 724. The highest BCUT2D eigenvalue weighted by Gasteiger charge is 2.22. The average Bonchev–Trinajstić information content (AvgIpc) is 2.72. The second kappa shape index (κ2) is 9.83. The highest BCUT2D eigenvalue weighted by atomic mass is 16.5. The largest absolute Gasteiger partial charge is 0.496 e. The Labute approximate surface area is 160 Å². The molecule has 0 aliphatic rings. The van der Waals surface area contributed by atoms with Crippen molar-refractivity contribution in [2.24, 2.45) is 11.7 Å². The monoisotopic (exact) mass is 372 g/mol. The molecule has 0 aliphatic carbocycles. The van der Waals surface area contributed by atoms with Crippen LogP contribution in [-0.2, 0) is 11.2 Å². The molecule has 2 unspecified atom stereocenters. The number of nitrogens with two attached hydrogens (primary N) is 1. The summed E-state index contributed by atoms with van der Waals surface area (Å²) >= 11 is 0. The van der Waals surface area contributed by atoms with Gasteiger partial charge in [0.2, 0.25) is 5.91 Å². The van der Waals surface area contributed by atoms with Crippen LogP contribution in [0.2, 0.25) is 0 Å². The van der Waals surface area contributed by atoms with Crippen molar-refractivity contribution in [3.8, 4) is 17.2 Å². The predicted octanol–water partition coefficient (Wildman–Crippen LogP) is 2.71. The molecule has 6 heteroatoms. The molecule has 2 atom stereocenters. The second-order valence-electron chi connectivity index (χ2n) is 6.28. The van der Waals surface area contributed by atoms with Gasteiger partial charge in [-0.1, -0.05) is 37.3 Å². The number of carbonyl (C=O) groups is 1. The molecule has 27 heavy (non-hydrogen) atoms. The van der Waals surface area contributed by atoms with E-state index in [0.29, 0.717) is 30.2 Å². The van der Waals surface area contributed by atoms with E-state index in [0.717, 1.165) is 11.1 Å². The van der Waals surface area contributed by atoms with Crippen LogP contribution in [0, 0.1) is 5.92 Å². The first-order valence-electron chi connectivity index (χ1n) is 8.89. The molecule has 0 spiro atoms. The van der Waals surface area contributed by atoms with Crippen LogP contribution in [0.3, 0.4) is 0 Å². The maximum atomic E-state index is 12.5. The summed E-state index contributed by atoms with van der Waals surface area (Å²) in [6, 6.07) is 12.9. The Morgan fingerprint density at radius 1 is 1.04 bits per heavy atom. The lowest BCUT2D eigenvalue weighted by Crippen LogP contribution is -2.36. The molecule has 0 aromatic heterocycles. The molecular weight excluding hydrogens is 344 g/mol. The van der Waals surface area contributed by atoms with E-state index < -0.39 is 0 Å². The van der Waals surface area contributed by atoms with Crippen LogP contribution in [0.15, 0.2) is 42.5 Å². The van der Waals surface area contributed by atoms with E-state index in [1.54, 1.807) is 33.5 Å². The van der Waals surface area contributed by atoms with E-state index >= 15 is 0 Å². The van der Waals surface area contributed by atoms with Gasteiger partial charge >= 0.3 is 0 Å². The third-order valence-corrected chi connectivity index (χ3v) is 4.63. The lowest BCUT2D eigenvalue weighted by Gasteiger charge is -2.20. The molecule has 1 amide bonds. The molecule has 0 radical (unpaired) electrons. The number of hydrogen-bond donors (Lipinski definition) is 2. The van der Waals surface area contributed by atoms with Crippen LogP contribution in [0.1, 0.15) is 24.1 Å². The van der Waals surface area contributed by atoms with Crippen LogP contribution in [-0.4, -0.2) is 33.8 Å². The number of amides is 1. The van der Waals surface area contributed by atoms with Crippen molar-refractivity contribution in [1.82, 2.24) is 5.32 Å².